The summed E-state index contributed by atoms with van der Waals surface area (Å²) in [5, 5.41) is 0. The van der Waals surface area contributed by atoms with Crippen LogP contribution in [0, 0.1) is 0 Å². The van der Waals surface area contributed by atoms with E-state index >= 15 is 0 Å². The standard InChI is InChI=1S/C22H28N4O7/c1-3-5-11-25(19-20(23)26(10-4-2)22(31)24-21(19)30)17(28)13-33-18(29)14-32-16-8-6-15(12-27)7-9-16/h6-9,12H,3-5,10-11,13-14,23H2,1-2H3,(H,24,30,31). The van der Waals surface area contributed by atoms with Gasteiger partial charge in [-0.15, -0.1) is 0 Å². The van der Waals surface area contributed by atoms with E-state index in [1.165, 1.54) is 28.8 Å². The molecule has 0 saturated heterocycles. The van der Waals surface area contributed by atoms with Crippen LogP contribution in [0.1, 0.15) is 43.5 Å². The summed E-state index contributed by atoms with van der Waals surface area (Å²) in [6.07, 6.45) is 2.56. The van der Waals surface area contributed by atoms with Crippen molar-refractivity contribution in [1.29, 1.82) is 0 Å². The molecular weight excluding hydrogens is 432 g/mol. The van der Waals surface area contributed by atoms with Crippen LogP contribution in [0.25, 0.3) is 0 Å². The lowest BCUT2D eigenvalue weighted by molar-refractivity contribution is -0.149. The van der Waals surface area contributed by atoms with E-state index in [0.29, 0.717) is 30.4 Å². The molecule has 1 aromatic heterocycles. The number of anilines is 2. The molecule has 0 fully saturated rings. The topological polar surface area (TPSA) is 154 Å². The molecule has 33 heavy (non-hydrogen) atoms. The molecule has 2 rings (SSSR count). The highest BCUT2D eigenvalue weighted by atomic mass is 16.6. The number of benzene rings is 1. The number of hydrogen-bond acceptors (Lipinski definition) is 8. The second-order valence-electron chi connectivity index (χ2n) is 7.18. The molecule has 0 saturated carbocycles. The van der Waals surface area contributed by atoms with Gasteiger partial charge >= 0.3 is 11.7 Å². The molecule has 11 nitrogen and oxygen atoms in total. The Morgan fingerprint density at radius 2 is 1.82 bits per heavy atom. The van der Waals surface area contributed by atoms with Crippen molar-refractivity contribution in [2.24, 2.45) is 0 Å². The summed E-state index contributed by atoms with van der Waals surface area (Å²) < 4.78 is 11.5. The van der Waals surface area contributed by atoms with E-state index in [2.05, 4.69) is 4.98 Å². The Morgan fingerprint density at radius 1 is 1.12 bits per heavy atom. The number of nitrogens with one attached hydrogen (secondary N) is 1. The van der Waals surface area contributed by atoms with Gasteiger partial charge < -0.3 is 20.1 Å². The Morgan fingerprint density at radius 3 is 2.42 bits per heavy atom. The van der Waals surface area contributed by atoms with Gasteiger partial charge in [-0.1, -0.05) is 20.3 Å². The van der Waals surface area contributed by atoms with Crippen LogP contribution < -0.4 is 26.6 Å². The number of esters is 1. The summed E-state index contributed by atoms with van der Waals surface area (Å²) in [7, 11) is 0. The molecule has 0 aliphatic rings. The Labute approximate surface area is 190 Å². The van der Waals surface area contributed by atoms with Gasteiger partial charge in [0.15, 0.2) is 18.9 Å². The van der Waals surface area contributed by atoms with Gasteiger partial charge in [0.1, 0.15) is 17.9 Å². The van der Waals surface area contributed by atoms with Crippen molar-refractivity contribution in [3.8, 4) is 5.75 Å². The number of hydrogen-bond donors (Lipinski definition) is 2. The molecule has 0 spiro atoms. The molecule has 0 unspecified atom stereocenters. The number of rotatable bonds is 12. The molecule has 178 valence electrons. The molecule has 0 aliphatic heterocycles. The van der Waals surface area contributed by atoms with Crippen molar-refractivity contribution in [1.82, 2.24) is 9.55 Å². The fourth-order valence-corrected chi connectivity index (χ4v) is 3.01. The van der Waals surface area contributed by atoms with Crippen LogP contribution >= 0.6 is 0 Å². The summed E-state index contributed by atoms with van der Waals surface area (Å²) in [6, 6.07) is 6.11. The van der Waals surface area contributed by atoms with Gasteiger partial charge in [0.05, 0.1) is 0 Å². The van der Waals surface area contributed by atoms with Gasteiger partial charge in [0, 0.05) is 18.7 Å². The van der Waals surface area contributed by atoms with E-state index < -0.39 is 36.3 Å². The lowest BCUT2D eigenvalue weighted by atomic mass is 10.2. The maximum atomic E-state index is 12.8. The zero-order valence-corrected chi connectivity index (χ0v) is 18.7. The van der Waals surface area contributed by atoms with Crippen LogP contribution in [0.5, 0.6) is 5.75 Å². The number of unbranched alkanes of at least 4 members (excludes halogenated alkanes) is 1. The van der Waals surface area contributed by atoms with Gasteiger partial charge in [-0.05, 0) is 37.1 Å². The van der Waals surface area contributed by atoms with Gasteiger partial charge in [-0.3, -0.25) is 23.9 Å². The third-order valence-electron chi connectivity index (χ3n) is 4.70. The number of nitrogens with zero attached hydrogens (tertiary/aromatic N) is 2. The number of nitrogen functional groups attached to an aromatic ring is 1. The predicted octanol–water partition coefficient (Wildman–Crippen LogP) is 1.10. The molecule has 3 N–H and O–H groups in total. The largest absolute Gasteiger partial charge is 0.482 e. The fraction of sp³-hybridized carbons (Fsp3) is 0.409. The van der Waals surface area contributed by atoms with E-state index in [1.54, 1.807) is 0 Å². The van der Waals surface area contributed by atoms with E-state index in [4.69, 9.17) is 15.2 Å². The van der Waals surface area contributed by atoms with Crippen molar-refractivity contribution in [3.05, 3.63) is 50.7 Å². The van der Waals surface area contributed by atoms with Crippen LogP contribution in [0.2, 0.25) is 0 Å². The van der Waals surface area contributed by atoms with E-state index in [1.807, 2.05) is 13.8 Å². The second kappa shape index (κ2) is 12.2. The SMILES string of the molecule is CCCCN(C(=O)COC(=O)COc1ccc(C=O)cc1)c1c(N)n(CCC)c(=O)[nH]c1=O. The van der Waals surface area contributed by atoms with Crippen LogP contribution in [0.3, 0.4) is 0 Å². The van der Waals surface area contributed by atoms with E-state index in [9.17, 15) is 24.0 Å². The summed E-state index contributed by atoms with van der Waals surface area (Å²) >= 11 is 0. The molecule has 1 heterocycles. The minimum Gasteiger partial charge on any atom is -0.482 e. The van der Waals surface area contributed by atoms with Crippen LogP contribution in [-0.4, -0.2) is 47.5 Å². The fourth-order valence-electron chi connectivity index (χ4n) is 3.01. The molecule has 0 radical (unpaired) electrons. The van der Waals surface area contributed by atoms with Crippen LogP contribution in [0.15, 0.2) is 33.9 Å². The van der Waals surface area contributed by atoms with Crippen molar-refractivity contribution in [2.75, 3.05) is 30.4 Å². The van der Waals surface area contributed by atoms with Crippen molar-refractivity contribution in [3.63, 3.8) is 0 Å². The summed E-state index contributed by atoms with van der Waals surface area (Å²) in [5.74, 6) is -1.23. The number of aromatic amines is 1. The number of carbonyl (C=O) groups excluding carboxylic acids is 3. The monoisotopic (exact) mass is 460 g/mol. The van der Waals surface area contributed by atoms with Gasteiger partial charge in [-0.25, -0.2) is 9.59 Å². The number of amides is 1. The zero-order chi connectivity index (χ0) is 24.4. The Bertz CT molecular complexity index is 1090. The Kier molecular flexibility index (Phi) is 9.40. The highest BCUT2D eigenvalue weighted by molar-refractivity contribution is 5.97. The normalized spacial score (nSPS) is 10.5. The zero-order valence-electron chi connectivity index (χ0n) is 18.7. The molecule has 11 heteroatoms. The minimum absolute atomic E-state index is 0.122. The third kappa shape index (κ3) is 6.79. The summed E-state index contributed by atoms with van der Waals surface area (Å²) in [4.78, 5) is 63.4. The third-order valence-corrected chi connectivity index (χ3v) is 4.70. The molecule has 0 atom stereocenters. The maximum absolute atomic E-state index is 12.8. The molecule has 0 aliphatic carbocycles. The average molecular weight is 460 g/mol. The number of aromatic nitrogens is 2. The Hall–Kier alpha value is -3.89. The predicted molar refractivity (Wildman–Crippen MR) is 122 cm³/mol. The van der Waals surface area contributed by atoms with Gasteiger partial charge in [0.25, 0.3) is 11.5 Å². The molecule has 0 bridgehead atoms. The second-order valence-corrected chi connectivity index (χ2v) is 7.18. The molecule has 1 aromatic carbocycles. The number of carbonyl (C=O) groups is 3. The van der Waals surface area contributed by atoms with Gasteiger partial charge in [0.2, 0.25) is 0 Å². The highest BCUT2D eigenvalue weighted by Gasteiger charge is 2.24. The first-order valence-corrected chi connectivity index (χ1v) is 10.6. The van der Waals surface area contributed by atoms with E-state index in [0.717, 1.165) is 11.3 Å². The summed E-state index contributed by atoms with van der Waals surface area (Å²) in [6.45, 7) is 3.09. The first-order chi connectivity index (χ1) is 15.8. The van der Waals surface area contributed by atoms with Crippen LogP contribution in [0.4, 0.5) is 11.5 Å². The summed E-state index contributed by atoms with van der Waals surface area (Å²) in [5.41, 5.74) is 4.94. The molecule has 2 aromatic rings. The number of H-pyrrole nitrogens is 1. The number of nitrogens with two attached hydrogens (primary N) is 1. The van der Waals surface area contributed by atoms with Crippen molar-refractivity contribution >= 4 is 29.7 Å². The average Bonchev–Trinajstić information content (AvgIpc) is 2.81. The smallest absolute Gasteiger partial charge is 0.344 e. The molecule has 1 amide bonds. The minimum atomic E-state index is -0.795. The van der Waals surface area contributed by atoms with Crippen LogP contribution in [-0.2, 0) is 20.9 Å². The highest BCUT2D eigenvalue weighted by Crippen LogP contribution is 2.18. The van der Waals surface area contributed by atoms with Gasteiger partial charge in [-0.2, -0.15) is 0 Å². The first kappa shape index (κ1) is 25.4. The van der Waals surface area contributed by atoms with E-state index in [-0.39, 0.29) is 24.6 Å². The quantitative estimate of drug-likeness (QED) is 0.352. The van der Waals surface area contributed by atoms with Crippen molar-refractivity contribution in [2.45, 2.75) is 39.7 Å². The lowest BCUT2D eigenvalue weighted by Gasteiger charge is -2.24. The maximum Gasteiger partial charge on any atom is 0.344 e. The lowest BCUT2D eigenvalue weighted by Crippen LogP contribution is -2.43. The number of ether oxygens (including phenoxy) is 2. The number of aldehydes is 1. The first-order valence-electron chi connectivity index (χ1n) is 10.6. The Balaban J connectivity index is 2.10. The molecular formula is C22H28N4O7. The van der Waals surface area contributed by atoms with Crippen molar-refractivity contribution < 1.29 is 23.9 Å².